The summed E-state index contributed by atoms with van der Waals surface area (Å²) in [5.41, 5.74) is 0.530. The topological polar surface area (TPSA) is 80.0 Å². The van der Waals surface area contributed by atoms with E-state index in [1.54, 1.807) is 10.9 Å². The summed E-state index contributed by atoms with van der Waals surface area (Å²) in [6.45, 7) is 0.389. The molecular weight excluding hydrogens is 232 g/mol. The highest BCUT2D eigenvalue weighted by molar-refractivity contribution is 5.76. The largest absolute Gasteiger partial charge is 0.390 e. The number of aryl methyl sites for hydroxylation is 1. The van der Waals surface area contributed by atoms with Crippen LogP contribution in [0.1, 0.15) is 44.2 Å². The van der Waals surface area contributed by atoms with Crippen molar-refractivity contribution in [2.24, 2.45) is 0 Å². The van der Waals surface area contributed by atoms with Crippen LogP contribution in [0.3, 0.4) is 0 Å². The van der Waals surface area contributed by atoms with Gasteiger partial charge in [-0.05, 0) is 12.8 Å². The minimum Gasteiger partial charge on any atom is -0.390 e. The van der Waals surface area contributed by atoms with E-state index in [9.17, 15) is 4.79 Å². The van der Waals surface area contributed by atoms with Crippen LogP contribution in [-0.2, 0) is 17.9 Å². The number of amides is 1. The molecule has 1 aliphatic rings. The second-order valence-electron chi connectivity index (χ2n) is 4.78. The van der Waals surface area contributed by atoms with Crippen LogP contribution in [0.2, 0.25) is 0 Å². The third-order valence-corrected chi connectivity index (χ3v) is 3.29. The smallest absolute Gasteiger partial charge is 0.222 e. The molecular formula is C12H20N4O2. The molecule has 2 N–H and O–H groups in total. The maximum absolute atomic E-state index is 11.7. The molecule has 0 aliphatic heterocycles. The van der Waals surface area contributed by atoms with Crippen LogP contribution in [0.5, 0.6) is 0 Å². The lowest BCUT2D eigenvalue weighted by Crippen LogP contribution is -2.36. The SMILES string of the molecule is O=C(CCn1cc(CO)nn1)NC1CCCCC1. The van der Waals surface area contributed by atoms with Gasteiger partial charge in [0.2, 0.25) is 5.91 Å². The van der Waals surface area contributed by atoms with Gasteiger partial charge >= 0.3 is 0 Å². The maximum atomic E-state index is 11.7. The average molecular weight is 252 g/mol. The van der Waals surface area contributed by atoms with Crippen LogP contribution < -0.4 is 5.32 Å². The van der Waals surface area contributed by atoms with E-state index in [-0.39, 0.29) is 12.5 Å². The zero-order chi connectivity index (χ0) is 12.8. The lowest BCUT2D eigenvalue weighted by atomic mass is 9.95. The molecule has 0 aromatic carbocycles. The summed E-state index contributed by atoms with van der Waals surface area (Å²) in [6, 6.07) is 0.356. The van der Waals surface area contributed by atoms with Gasteiger partial charge in [0.05, 0.1) is 19.3 Å². The Morgan fingerprint density at radius 2 is 2.22 bits per heavy atom. The third-order valence-electron chi connectivity index (χ3n) is 3.29. The number of hydrogen-bond donors (Lipinski definition) is 2. The number of rotatable bonds is 5. The molecule has 1 saturated carbocycles. The molecule has 1 aromatic rings. The Balaban J connectivity index is 1.70. The lowest BCUT2D eigenvalue weighted by Gasteiger charge is -2.22. The molecule has 0 bridgehead atoms. The van der Waals surface area contributed by atoms with Gasteiger partial charge in [-0.25, -0.2) is 0 Å². The molecule has 2 rings (SSSR count). The molecule has 1 amide bonds. The molecule has 6 heteroatoms. The van der Waals surface area contributed by atoms with Crippen LogP contribution in [-0.4, -0.2) is 32.0 Å². The maximum Gasteiger partial charge on any atom is 0.222 e. The number of carbonyl (C=O) groups excluding carboxylic acids is 1. The van der Waals surface area contributed by atoms with Gasteiger partial charge < -0.3 is 10.4 Å². The van der Waals surface area contributed by atoms with Crippen LogP contribution in [0, 0.1) is 0 Å². The summed E-state index contributed by atoms with van der Waals surface area (Å²) < 4.78 is 1.59. The summed E-state index contributed by atoms with van der Waals surface area (Å²) in [4.78, 5) is 11.7. The number of carbonyl (C=O) groups is 1. The molecule has 1 heterocycles. The zero-order valence-electron chi connectivity index (χ0n) is 10.5. The number of aliphatic hydroxyl groups is 1. The summed E-state index contributed by atoms with van der Waals surface area (Å²) in [7, 11) is 0. The minimum atomic E-state index is -0.117. The van der Waals surface area contributed by atoms with Crippen molar-refractivity contribution in [3.8, 4) is 0 Å². The molecule has 0 unspecified atom stereocenters. The Morgan fingerprint density at radius 1 is 1.44 bits per heavy atom. The van der Waals surface area contributed by atoms with Crippen molar-refractivity contribution in [1.82, 2.24) is 20.3 Å². The standard InChI is InChI=1S/C12H20N4O2/c17-9-11-8-16(15-14-11)7-6-12(18)13-10-4-2-1-3-5-10/h8,10,17H,1-7,9H2,(H,13,18). The van der Waals surface area contributed by atoms with E-state index in [1.807, 2.05) is 0 Å². The lowest BCUT2D eigenvalue weighted by molar-refractivity contribution is -0.122. The number of nitrogens with one attached hydrogen (secondary N) is 1. The highest BCUT2D eigenvalue weighted by atomic mass is 16.3. The van der Waals surface area contributed by atoms with E-state index in [1.165, 1.54) is 19.3 Å². The number of nitrogens with zero attached hydrogens (tertiary/aromatic N) is 3. The summed E-state index contributed by atoms with van der Waals surface area (Å²) in [6.07, 6.45) is 7.99. The van der Waals surface area contributed by atoms with E-state index < -0.39 is 0 Å². The van der Waals surface area contributed by atoms with Crippen molar-refractivity contribution in [2.45, 2.75) is 57.7 Å². The Hall–Kier alpha value is -1.43. The van der Waals surface area contributed by atoms with Crippen LogP contribution >= 0.6 is 0 Å². The van der Waals surface area contributed by atoms with Gasteiger partial charge in [-0.1, -0.05) is 24.5 Å². The Labute approximate surface area is 106 Å². The first-order valence-corrected chi connectivity index (χ1v) is 6.57. The molecule has 1 fully saturated rings. The fourth-order valence-electron chi connectivity index (χ4n) is 2.28. The molecule has 1 aliphatic carbocycles. The van der Waals surface area contributed by atoms with Crippen molar-refractivity contribution in [1.29, 1.82) is 0 Å². The van der Waals surface area contributed by atoms with Crippen molar-refractivity contribution in [2.75, 3.05) is 0 Å². The van der Waals surface area contributed by atoms with E-state index in [0.717, 1.165) is 12.8 Å². The second kappa shape index (κ2) is 6.49. The van der Waals surface area contributed by atoms with Gasteiger partial charge in [0, 0.05) is 12.5 Å². The van der Waals surface area contributed by atoms with E-state index in [4.69, 9.17) is 5.11 Å². The first-order chi connectivity index (χ1) is 8.78. The molecule has 1 aromatic heterocycles. The van der Waals surface area contributed by atoms with E-state index in [2.05, 4.69) is 15.6 Å². The van der Waals surface area contributed by atoms with Crippen LogP contribution in [0.4, 0.5) is 0 Å². The predicted molar refractivity (Wildman–Crippen MR) is 65.6 cm³/mol. The zero-order valence-corrected chi connectivity index (χ0v) is 10.5. The van der Waals surface area contributed by atoms with Gasteiger partial charge in [0.1, 0.15) is 5.69 Å². The Bertz CT molecular complexity index is 385. The highest BCUT2D eigenvalue weighted by Crippen LogP contribution is 2.17. The number of aromatic nitrogens is 3. The van der Waals surface area contributed by atoms with Gasteiger partial charge in [0.15, 0.2) is 0 Å². The quantitative estimate of drug-likeness (QED) is 0.804. The second-order valence-corrected chi connectivity index (χ2v) is 4.78. The fraction of sp³-hybridized carbons (Fsp3) is 0.750. The highest BCUT2D eigenvalue weighted by Gasteiger charge is 2.15. The van der Waals surface area contributed by atoms with E-state index >= 15 is 0 Å². The molecule has 0 saturated heterocycles. The molecule has 18 heavy (non-hydrogen) atoms. The fourth-order valence-corrected chi connectivity index (χ4v) is 2.28. The summed E-state index contributed by atoms with van der Waals surface area (Å²) in [5, 5.41) is 19.5. The first kappa shape index (κ1) is 13.0. The Morgan fingerprint density at radius 3 is 2.89 bits per heavy atom. The van der Waals surface area contributed by atoms with Gasteiger partial charge in [-0.15, -0.1) is 5.10 Å². The Kier molecular flexibility index (Phi) is 4.69. The van der Waals surface area contributed by atoms with Crippen molar-refractivity contribution in [3.63, 3.8) is 0 Å². The van der Waals surface area contributed by atoms with Crippen LogP contribution in [0.15, 0.2) is 6.20 Å². The van der Waals surface area contributed by atoms with E-state index in [0.29, 0.717) is 24.7 Å². The third kappa shape index (κ3) is 3.80. The summed E-state index contributed by atoms with van der Waals surface area (Å²) >= 11 is 0. The molecule has 0 radical (unpaired) electrons. The van der Waals surface area contributed by atoms with Crippen molar-refractivity contribution >= 4 is 5.91 Å². The van der Waals surface area contributed by atoms with Crippen molar-refractivity contribution < 1.29 is 9.90 Å². The molecule has 100 valence electrons. The number of aliphatic hydroxyl groups excluding tert-OH is 1. The average Bonchev–Trinajstić information content (AvgIpc) is 2.85. The predicted octanol–water partition coefficient (Wildman–Crippen LogP) is 0.609. The monoisotopic (exact) mass is 252 g/mol. The van der Waals surface area contributed by atoms with Gasteiger partial charge in [-0.3, -0.25) is 9.48 Å². The normalized spacial score (nSPS) is 16.7. The summed E-state index contributed by atoms with van der Waals surface area (Å²) in [5.74, 6) is 0.0722. The molecule has 0 spiro atoms. The van der Waals surface area contributed by atoms with Gasteiger partial charge in [-0.2, -0.15) is 0 Å². The molecule has 0 atom stereocenters. The minimum absolute atomic E-state index is 0.0722. The molecule has 6 nitrogen and oxygen atoms in total. The number of hydrogen-bond acceptors (Lipinski definition) is 4. The van der Waals surface area contributed by atoms with Gasteiger partial charge in [0.25, 0.3) is 0 Å². The van der Waals surface area contributed by atoms with Crippen LogP contribution in [0.25, 0.3) is 0 Å². The first-order valence-electron chi connectivity index (χ1n) is 6.57. The van der Waals surface area contributed by atoms with Crippen molar-refractivity contribution in [3.05, 3.63) is 11.9 Å².